The van der Waals surface area contributed by atoms with Crippen LogP contribution in [0.3, 0.4) is 0 Å². The molecule has 0 bridgehead atoms. The molecule has 2 N–H and O–H groups in total. The van der Waals surface area contributed by atoms with Gasteiger partial charge in [0, 0.05) is 23.5 Å². The first-order valence-corrected chi connectivity index (χ1v) is 9.77. The van der Waals surface area contributed by atoms with Crippen LogP contribution in [-0.4, -0.2) is 30.1 Å². The van der Waals surface area contributed by atoms with E-state index < -0.39 is 0 Å². The van der Waals surface area contributed by atoms with Crippen molar-refractivity contribution >= 4 is 22.1 Å². The Morgan fingerprint density at radius 2 is 1.61 bits per heavy atom. The lowest BCUT2D eigenvalue weighted by Gasteiger charge is -2.02. The van der Waals surface area contributed by atoms with Crippen LogP contribution < -0.4 is 0 Å². The maximum absolute atomic E-state index is 13.8. The first kappa shape index (κ1) is 17.5. The minimum atomic E-state index is -0.281. The summed E-state index contributed by atoms with van der Waals surface area (Å²) in [6.07, 6.45) is 3.48. The van der Waals surface area contributed by atoms with Crippen LogP contribution in [0.1, 0.15) is 0 Å². The summed E-state index contributed by atoms with van der Waals surface area (Å²) in [4.78, 5) is 17.0. The van der Waals surface area contributed by atoms with Gasteiger partial charge < -0.3 is 4.98 Å². The van der Waals surface area contributed by atoms with Gasteiger partial charge in [-0.15, -0.1) is 0 Å². The molecule has 0 spiro atoms. The van der Waals surface area contributed by atoms with Crippen molar-refractivity contribution in [3.63, 3.8) is 0 Å². The van der Waals surface area contributed by atoms with E-state index in [9.17, 15) is 4.39 Å². The Labute approximate surface area is 175 Å². The normalized spacial score (nSPS) is 11.4. The van der Waals surface area contributed by atoms with Gasteiger partial charge in [-0.2, -0.15) is 5.10 Å². The molecule has 0 saturated carbocycles. The van der Waals surface area contributed by atoms with Gasteiger partial charge in [0.2, 0.25) is 0 Å². The molecule has 31 heavy (non-hydrogen) atoms. The first-order valence-electron chi connectivity index (χ1n) is 9.77. The predicted molar refractivity (Wildman–Crippen MR) is 118 cm³/mol. The van der Waals surface area contributed by atoms with Gasteiger partial charge in [0.1, 0.15) is 11.3 Å². The molecule has 0 aliphatic heterocycles. The van der Waals surface area contributed by atoms with E-state index in [1.807, 2.05) is 48.5 Å². The van der Waals surface area contributed by atoms with Gasteiger partial charge in [-0.05, 0) is 48.0 Å². The van der Waals surface area contributed by atoms with Crippen molar-refractivity contribution in [1.29, 1.82) is 0 Å². The maximum Gasteiger partial charge on any atom is 0.161 e. The molecule has 4 heterocycles. The molecule has 0 amide bonds. The van der Waals surface area contributed by atoms with Crippen LogP contribution in [0, 0.1) is 5.82 Å². The fraction of sp³-hybridized carbons (Fsp3) is 0. The van der Waals surface area contributed by atoms with Crippen molar-refractivity contribution in [3.8, 4) is 33.9 Å². The summed E-state index contributed by atoms with van der Waals surface area (Å²) in [6.45, 7) is 0. The molecular formula is C24H15FN6. The van der Waals surface area contributed by atoms with Crippen molar-refractivity contribution in [3.05, 3.63) is 84.9 Å². The summed E-state index contributed by atoms with van der Waals surface area (Å²) < 4.78 is 13.8. The standard InChI is InChI=1S/C24H15FN6/c25-16-4-1-3-15(13-16)17-5-2-6-19-21(17)29-24(28-19)23-22-20(30-31-23)8-7-18(27-22)14-9-11-26-12-10-14/h1-13H,(H,28,29)(H,30,31). The number of nitrogens with zero attached hydrogens (tertiary/aromatic N) is 4. The van der Waals surface area contributed by atoms with Crippen LogP contribution in [0.5, 0.6) is 0 Å². The molecule has 0 atom stereocenters. The van der Waals surface area contributed by atoms with Crippen molar-refractivity contribution in [1.82, 2.24) is 30.1 Å². The number of H-pyrrole nitrogens is 2. The lowest BCUT2D eigenvalue weighted by molar-refractivity contribution is 0.628. The third-order valence-corrected chi connectivity index (χ3v) is 5.26. The molecule has 0 fully saturated rings. The number of pyridine rings is 2. The number of nitrogens with one attached hydrogen (secondary N) is 2. The number of halogens is 1. The van der Waals surface area contributed by atoms with Gasteiger partial charge in [-0.25, -0.2) is 14.4 Å². The number of hydrogen-bond donors (Lipinski definition) is 2. The van der Waals surface area contributed by atoms with Crippen LogP contribution in [0.15, 0.2) is 79.1 Å². The molecule has 0 unspecified atom stereocenters. The van der Waals surface area contributed by atoms with Crippen LogP contribution in [0.25, 0.3) is 56.0 Å². The third kappa shape index (κ3) is 2.95. The zero-order valence-electron chi connectivity index (χ0n) is 16.2. The highest BCUT2D eigenvalue weighted by Crippen LogP contribution is 2.32. The second-order valence-electron chi connectivity index (χ2n) is 7.20. The van der Waals surface area contributed by atoms with Crippen LogP contribution in [-0.2, 0) is 0 Å². The Morgan fingerprint density at radius 1 is 0.742 bits per heavy atom. The van der Waals surface area contributed by atoms with Gasteiger partial charge >= 0.3 is 0 Å². The molecule has 0 saturated heterocycles. The van der Waals surface area contributed by atoms with Crippen LogP contribution in [0.4, 0.5) is 4.39 Å². The molecule has 0 radical (unpaired) electrons. The van der Waals surface area contributed by atoms with E-state index in [2.05, 4.69) is 20.2 Å². The largest absolute Gasteiger partial charge is 0.336 e. The van der Waals surface area contributed by atoms with Crippen molar-refractivity contribution < 1.29 is 4.39 Å². The quantitative estimate of drug-likeness (QED) is 0.414. The molecule has 4 aromatic heterocycles. The number of hydrogen-bond acceptors (Lipinski definition) is 4. The molecule has 0 aliphatic rings. The lowest BCUT2D eigenvalue weighted by atomic mass is 10.0. The maximum atomic E-state index is 13.8. The average Bonchev–Trinajstić information content (AvgIpc) is 3.43. The van der Waals surface area contributed by atoms with Gasteiger partial charge in [0.25, 0.3) is 0 Å². The van der Waals surface area contributed by atoms with Crippen LogP contribution >= 0.6 is 0 Å². The van der Waals surface area contributed by atoms with Gasteiger partial charge in [0.15, 0.2) is 11.5 Å². The van der Waals surface area contributed by atoms with E-state index in [1.54, 1.807) is 18.5 Å². The minimum absolute atomic E-state index is 0.281. The van der Waals surface area contributed by atoms with E-state index in [1.165, 1.54) is 12.1 Å². The summed E-state index contributed by atoms with van der Waals surface area (Å²) in [5.74, 6) is 0.320. The molecule has 7 heteroatoms. The van der Waals surface area contributed by atoms with Gasteiger partial charge in [-0.3, -0.25) is 10.1 Å². The second-order valence-corrected chi connectivity index (χ2v) is 7.20. The minimum Gasteiger partial charge on any atom is -0.336 e. The Morgan fingerprint density at radius 3 is 2.48 bits per heavy atom. The number of para-hydroxylation sites is 1. The number of aromatic amines is 2. The van der Waals surface area contributed by atoms with Gasteiger partial charge in [0.05, 0.1) is 22.2 Å². The zero-order chi connectivity index (χ0) is 20.8. The molecule has 6 aromatic rings. The van der Waals surface area contributed by atoms with Crippen molar-refractivity contribution in [2.75, 3.05) is 0 Å². The second kappa shape index (κ2) is 6.84. The Bertz CT molecular complexity index is 1550. The van der Waals surface area contributed by atoms with E-state index in [0.717, 1.165) is 44.5 Å². The Kier molecular flexibility index (Phi) is 3.86. The molecule has 2 aromatic carbocycles. The van der Waals surface area contributed by atoms with Gasteiger partial charge in [-0.1, -0.05) is 24.3 Å². The molecule has 6 nitrogen and oxygen atoms in total. The highest BCUT2D eigenvalue weighted by atomic mass is 19.1. The molecule has 148 valence electrons. The van der Waals surface area contributed by atoms with E-state index in [0.29, 0.717) is 11.5 Å². The van der Waals surface area contributed by atoms with Crippen molar-refractivity contribution in [2.24, 2.45) is 0 Å². The molecular weight excluding hydrogens is 391 g/mol. The lowest BCUT2D eigenvalue weighted by Crippen LogP contribution is -1.87. The summed E-state index contributed by atoms with van der Waals surface area (Å²) >= 11 is 0. The molecule has 6 rings (SSSR count). The number of benzene rings is 2. The number of rotatable bonds is 3. The topological polar surface area (TPSA) is 83.1 Å². The smallest absolute Gasteiger partial charge is 0.161 e. The number of imidazole rings is 1. The highest BCUT2D eigenvalue weighted by Gasteiger charge is 2.17. The molecule has 0 aliphatic carbocycles. The summed E-state index contributed by atoms with van der Waals surface area (Å²) in [7, 11) is 0. The fourth-order valence-corrected chi connectivity index (χ4v) is 3.78. The zero-order valence-corrected chi connectivity index (χ0v) is 16.2. The SMILES string of the molecule is Fc1cccc(-c2cccc3[nH]c(-c4n[nH]c5ccc(-c6ccncc6)nc45)nc23)c1. The monoisotopic (exact) mass is 406 g/mol. The van der Waals surface area contributed by atoms with Crippen molar-refractivity contribution in [2.45, 2.75) is 0 Å². The Hall–Kier alpha value is -4.39. The predicted octanol–water partition coefficient (Wildman–Crippen LogP) is 5.37. The summed E-state index contributed by atoms with van der Waals surface area (Å²) in [5, 5.41) is 7.49. The van der Waals surface area contributed by atoms with E-state index in [-0.39, 0.29) is 5.82 Å². The first-order chi connectivity index (χ1) is 15.3. The average molecular weight is 406 g/mol. The fourth-order valence-electron chi connectivity index (χ4n) is 3.78. The van der Waals surface area contributed by atoms with E-state index >= 15 is 0 Å². The summed E-state index contributed by atoms with van der Waals surface area (Å²) in [6, 6.07) is 20.0. The highest BCUT2D eigenvalue weighted by molar-refractivity contribution is 5.96. The number of aromatic nitrogens is 6. The van der Waals surface area contributed by atoms with Crippen LogP contribution in [0.2, 0.25) is 0 Å². The Balaban J connectivity index is 1.52. The van der Waals surface area contributed by atoms with E-state index in [4.69, 9.17) is 9.97 Å². The summed E-state index contributed by atoms with van der Waals surface area (Å²) in [5.41, 5.74) is 7.20. The third-order valence-electron chi connectivity index (χ3n) is 5.26. The number of fused-ring (bicyclic) bond motifs is 2.